The molecule has 1 amide bonds. The van der Waals surface area contributed by atoms with E-state index in [0.29, 0.717) is 30.9 Å². The van der Waals surface area contributed by atoms with E-state index in [1.54, 1.807) is 6.08 Å². The summed E-state index contributed by atoms with van der Waals surface area (Å²) in [5.74, 6) is 0.127. The van der Waals surface area contributed by atoms with E-state index in [1.165, 1.54) is 50.5 Å². The van der Waals surface area contributed by atoms with Gasteiger partial charge in [0.05, 0.1) is 31.4 Å². The summed E-state index contributed by atoms with van der Waals surface area (Å²) in [6.45, 7) is 17.5. The predicted octanol–water partition coefficient (Wildman–Crippen LogP) is 15.2. The van der Waals surface area contributed by atoms with Gasteiger partial charge in [0.1, 0.15) is 28.9 Å². The van der Waals surface area contributed by atoms with Crippen molar-refractivity contribution in [2.75, 3.05) is 26.4 Å². The number of aryl methyl sites for hydroxylation is 2. The second-order valence-corrected chi connectivity index (χ2v) is 21.9. The Labute approximate surface area is 437 Å². The first kappa shape index (κ1) is 55.6. The van der Waals surface area contributed by atoms with Gasteiger partial charge in [-0.1, -0.05) is 143 Å². The summed E-state index contributed by atoms with van der Waals surface area (Å²) in [6.07, 6.45) is 20.5. The lowest BCUT2D eigenvalue weighted by Crippen LogP contribution is -2.70. The van der Waals surface area contributed by atoms with Crippen molar-refractivity contribution in [3.05, 3.63) is 125 Å². The van der Waals surface area contributed by atoms with Crippen molar-refractivity contribution in [2.45, 2.75) is 181 Å². The Morgan fingerprint density at radius 2 is 1.51 bits per heavy atom. The molecule has 3 aliphatic rings. The number of ether oxygens (including phenoxy) is 4. The van der Waals surface area contributed by atoms with Crippen LogP contribution in [0, 0.1) is 31.6 Å². The molecule has 1 heterocycles. The van der Waals surface area contributed by atoms with Crippen molar-refractivity contribution in [2.24, 2.45) is 22.9 Å². The first-order valence-electron chi connectivity index (χ1n) is 27.8. The lowest BCUT2D eigenvalue weighted by Gasteiger charge is -2.60. The molecule has 0 spiro atoms. The molecule has 6 unspecified atom stereocenters. The first-order valence-corrected chi connectivity index (χ1v) is 27.8. The minimum atomic E-state index is -1.44. The third-order valence-electron chi connectivity index (χ3n) is 15.3. The van der Waals surface area contributed by atoms with Crippen LogP contribution in [0.1, 0.15) is 165 Å². The molecule has 4 aromatic carbocycles. The zero-order valence-corrected chi connectivity index (χ0v) is 45.0. The fourth-order valence-electron chi connectivity index (χ4n) is 11.6. The van der Waals surface area contributed by atoms with Gasteiger partial charge in [-0.15, -0.1) is 6.58 Å². The molecule has 7 rings (SSSR count). The minimum Gasteiger partial charge on any atom is -0.459 e. The maximum absolute atomic E-state index is 15.4. The Bertz CT molecular complexity index is 2470. The van der Waals surface area contributed by atoms with Gasteiger partial charge in [-0.05, 0) is 142 Å². The van der Waals surface area contributed by atoms with E-state index >= 15 is 4.79 Å². The summed E-state index contributed by atoms with van der Waals surface area (Å²) >= 11 is 0. The summed E-state index contributed by atoms with van der Waals surface area (Å²) in [6, 6.07) is 26.1. The summed E-state index contributed by atoms with van der Waals surface area (Å²) in [5.41, 5.74) is 5.44. The maximum Gasteiger partial charge on any atom is 0.410 e. The van der Waals surface area contributed by atoms with Gasteiger partial charge in [0.2, 0.25) is 5.79 Å². The van der Waals surface area contributed by atoms with Crippen LogP contribution in [0.5, 0.6) is 17.2 Å². The van der Waals surface area contributed by atoms with Crippen LogP contribution in [0.2, 0.25) is 0 Å². The maximum atomic E-state index is 15.4. The second-order valence-electron chi connectivity index (χ2n) is 21.9. The van der Waals surface area contributed by atoms with Gasteiger partial charge in [0.25, 0.3) is 0 Å². The molecule has 2 N–H and O–H groups in total. The molecule has 4 aromatic rings. The van der Waals surface area contributed by atoms with Crippen LogP contribution in [0.3, 0.4) is 0 Å². The molecule has 73 heavy (non-hydrogen) atoms. The van der Waals surface area contributed by atoms with E-state index in [-0.39, 0.29) is 50.5 Å². The smallest absolute Gasteiger partial charge is 0.410 e. The summed E-state index contributed by atoms with van der Waals surface area (Å²) in [5, 5.41) is 27.4. The Hall–Kier alpha value is -5.16. The van der Waals surface area contributed by atoms with Gasteiger partial charge in [-0.2, -0.15) is 0 Å². The van der Waals surface area contributed by atoms with Crippen LogP contribution in [-0.4, -0.2) is 70.8 Å². The molecule has 0 aromatic heterocycles. The molecule has 396 valence electrons. The number of unbranched alkanes of at least 4 members (excludes halogenated alkanes) is 11. The molecule has 0 saturated heterocycles. The standard InChI is InChI=1S/C63H86N2O8/c1-8-10-11-12-13-14-15-16-17-24-39-69-61(68)65(44-49-29-25-28-47-26-18-19-30-52(47)49)58-43-56(64-73-62(5,6)7)54-41-48(27-20-22-36-66)53(31-21-23-37-67)59-55-42-51(71-50-33-32-45(3)46(4)40-50)34-35-57(55)72-63(58,60(54)59)70-38-9-2/h9,18-19,25-26,28-30,32-35,40-42,48,53,58-60,66-67H,2,8,10-17,20-24,27,31,36-39,43-44H2,1,3-7H3. The van der Waals surface area contributed by atoms with E-state index < -0.39 is 29.4 Å². The van der Waals surface area contributed by atoms with Crippen LogP contribution < -0.4 is 9.47 Å². The number of carbonyl (C=O) groups excluding carboxylic acids is 1. The zero-order chi connectivity index (χ0) is 51.8. The molecular weight excluding hydrogens is 913 g/mol. The van der Waals surface area contributed by atoms with E-state index in [0.717, 1.165) is 89.4 Å². The number of allylic oxidation sites excluding steroid dienone is 1. The monoisotopic (exact) mass is 999 g/mol. The Kier molecular flexibility index (Phi) is 20.5. The molecular formula is C63H86N2O8. The van der Waals surface area contributed by atoms with Gasteiger partial charge in [-0.3, -0.25) is 4.90 Å². The van der Waals surface area contributed by atoms with Crippen molar-refractivity contribution in [3.8, 4) is 17.2 Å². The highest BCUT2D eigenvalue weighted by molar-refractivity contribution is 6.03. The van der Waals surface area contributed by atoms with Gasteiger partial charge >= 0.3 is 6.09 Å². The van der Waals surface area contributed by atoms with Crippen LogP contribution in [0.15, 0.2) is 108 Å². The average molecular weight is 999 g/mol. The van der Waals surface area contributed by atoms with Crippen molar-refractivity contribution in [3.63, 3.8) is 0 Å². The SMILES string of the molecule is C=CCOC12Oc3ccc(Oc4ccc(C)c(C)c4)cc3C3C(CCCCO)C(CCCCO)C=C(C(=NOC(C)(C)C)CC1N(Cc1cccc4ccccc14)C(=O)OCCCCCCCCCCCC)C32. The molecule has 10 nitrogen and oxygen atoms in total. The number of amides is 1. The number of rotatable bonds is 28. The highest BCUT2D eigenvalue weighted by Crippen LogP contribution is 2.62. The molecule has 0 radical (unpaired) electrons. The van der Waals surface area contributed by atoms with Crippen molar-refractivity contribution >= 4 is 22.6 Å². The average Bonchev–Trinajstić information content (AvgIpc) is 3.38. The van der Waals surface area contributed by atoms with Gasteiger partial charge in [0.15, 0.2) is 0 Å². The number of aliphatic hydroxyl groups excluding tert-OH is 2. The number of hydrogen-bond donors (Lipinski definition) is 2. The van der Waals surface area contributed by atoms with E-state index in [4.69, 9.17) is 28.9 Å². The molecule has 6 atom stereocenters. The zero-order valence-electron chi connectivity index (χ0n) is 45.0. The lowest BCUT2D eigenvalue weighted by atomic mass is 9.55. The fraction of sp³-hybridized carbons (Fsp3) is 0.556. The number of carbonyl (C=O) groups is 1. The molecule has 1 saturated carbocycles. The third-order valence-corrected chi connectivity index (χ3v) is 15.3. The molecule has 1 fully saturated rings. The minimum absolute atomic E-state index is 0.0589. The Morgan fingerprint density at radius 3 is 2.22 bits per heavy atom. The Balaban J connectivity index is 1.37. The highest BCUT2D eigenvalue weighted by atomic mass is 16.7. The number of nitrogens with zero attached hydrogens (tertiary/aromatic N) is 2. The van der Waals surface area contributed by atoms with Crippen LogP contribution >= 0.6 is 0 Å². The summed E-state index contributed by atoms with van der Waals surface area (Å²) < 4.78 is 28.0. The van der Waals surface area contributed by atoms with Crippen molar-refractivity contribution in [1.29, 1.82) is 0 Å². The predicted molar refractivity (Wildman–Crippen MR) is 294 cm³/mol. The Morgan fingerprint density at radius 1 is 0.822 bits per heavy atom. The van der Waals surface area contributed by atoms with Gasteiger partial charge in [0, 0.05) is 31.1 Å². The summed E-state index contributed by atoms with van der Waals surface area (Å²) in [7, 11) is 0. The molecule has 0 bridgehead atoms. The van der Waals surface area contributed by atoms with E-state index in [1.807, 2.05) is 56.0 Å². The van der Waals surface area contributed by atoms with Crippen LogP contribution in [0.4, 0.5) is 4.79 Å². The normalized spacial score (nSPS) is 21.7. The summed E-state index contributed by atoms with van der Waals surface area (Å²) in [4.78, 5) is 23.6. The topological polar surface area (TPSA) is 119 Å². The number of hydrogen-bond acceptors (Lipinski definition) is 9. The molecule has 2 aliphatic carbocycles. The quantitative estimate of drug-likeness (QED) is 0.0328. The van der Waals surface area contributed by atoms with Crippen LogP contribution in [0.25, 0.3) is 10.8 Å². The van der Waals surface area contributed by atoms with E-state index in [2.05, 4.69) is 82.0 Å². The van der Waals surface area contributed by atoms with Crippen molar-refractivity contribution < 1.29 is 38.8 Å². The largest absolute Gasteiger partial charge is 0.459 e. The van der Waals surface area contributed by atoms with Crippen LogP contribution in [-0.2, 0) is 20.9 Å². The number of benzene rings is 4. The number of aliphatic hydroxyl groups is 2. The number of fused-ring (bicyclic) bond motifs is 3. The molecule has 10 heteroatoms. The lowest BCUT2D eigenvalue weighted by molar-refractivity contribution is -0.256. The van der Waals surface area contributed by atoms with Gasteiger partial charge < -0.3 is 34.0 Å². The van der Waals surface area contributed by atoms with Crippen molar-refractivity contribution in [1.82, 2.24) is 4.90 Å². The first-order chi connectivity index (χ1) is 35.4. The fourth-order valence-corrected chi connectivity index (χ4v) is 11.6. The van der Waals surface area contributed by atoms with Gasteiger partial charge in [-0.25, -0.2) is 4.79 Å². The second kappa shape index (κ2) is 26.9. The molecule has 1 aliphatic heterocycles. The highest BCUT2D eigenvalue weighted by Gasteiger charge is 2.66. The third kappa shape index (κ3) is 14.2. The number of oxime groups is 1. The van der Waals surface area contributed by atoms with E-state index in [9.17, 15) is 10.2 Å².